The first-order valence-corrected chi connectivity index (χ1v) is 10.7. The van der Waals surface area contributed by atoms with Crippen molar-refractivity contribution in [2.75, 3.05) is 6.61 Å². The smallest absolute Gasteiger partial charge is 0.133 e. The van der Waals surface area contributed by atoms with E-state index >= 15 is 0 Å². The van der Waals surface area contributed by atoms with Gasteiger partial charge in [-0.1, -0.05) is 13.8 Å². The Balaban J connectivity index is 1.45. The van der Waals surface area contributed by atoms with Gasteiger partial charge in [-0.15, -0.1) is 0 Å². The first kappa shape index (κ1) is 15.9. The molecule has 5 fully saturated rings. The van der Waals surface area contributed by atoms with Crippen LogP contribution >= 0.6 is 0 Å². The van der Waals surface area contributed by atoms with Crippen LogP contribution in [0.25, 0.3) is 0 Å². The summed E-state index contributed by atoms with van der Waals surface area (Å²) in [5.41, 5.74) is 0.896. The van der Waals surface area contributed by atoms with Gasteiger partial charge in [0.25, 0.3) is 0 Å². The van der Waals surface area contributed by atoms with E-state index in [2.05, 4.69) is 13.8 Å². The highest BCUT2D eigenvalue weighted by Crippen LogP contribution is 2.67. The van der Waals surface area contributed by atoms with Gasteiger partial charge in [0, 0.05) is 19.4 Å². The molecule has 2 heteroatoms. The molecule has 0 unspecified atom stereocenters. The number of hydrogen-bond donors (Lipinski definition) is 0. The summed E-state index contributed by atoms with van der Waals surface area (Å²) in [4.78, 5) is 12.0. The molecule has 0 bridgehead atoms. The lowest BCUT2D eigenvalue weighted by Crippen LogP contribution is -2.54. The molecule has 1 heterocycles. The van der Waals surface area contributed by atoms with E-state index in [1.165, 1.54) is 51.4 Å². The van der Waals surface area contributed by atoms with Gasteiger partial charge in [0.2, 0.25) is 0 Å². The van der Waals surface area contributed by atoms with Crippen LogP contribution in [0.3, 0.4) is 0 Å². The molecule has 0 amide bonds. The van der Waals surface area contributed by atoms with E-state index in [0.29, 0.717) is 28.6 Å². The summed E-state index contributed by atoms with van der Waals surface area (Å²) in [6, 6.07) is 0. The first-order chi connectivity index (χ1) is 11.5. The second-order valence-electron chi connectivity index (χ2n) is 10.4. The van der Waals surface area contributed by atoms with Crippen molar-refractivity contribution in [2.45, 2.75) is 84.2 Å². The van der Waals surface area contributed by atoms with E-state index in [9.17, 15) is 4.79 Å². The van der Waals surface area contributed by atoms with Crippen molar-refractivity contribution in [1.82, 2.24) is 0 Å². The molecule has 0 N–H and O–H groups in total. The summed E-state index contributed by atoms with van der Waals surface area (Å²) in [5.74, 6) is 4.74. The fourth-order valence-electron chi connectivity index (χ4n) is 8.33. The zero-order valence-electron chi connectivity index (χ0n) is 15.6. The van der Waals surface area contributed by atoms with Crippen LogP contribution < -0.4 is 0 Å². The van der Waals surface area contributed by atoms with E-state index in [1.807, 2.05) is 0 Å². The van der Waals surface area contributed by atoms with E-state index in [-0.39, 0.29) is 0 Å². The lowest BCUT2D eigenvalue weighted by atomic mass is 9.45. The van der Waals surface area contributed by atoms with Crippen LogP contribution in [0, 0.1) is 40.4 Å². The highest BCUT2D eigenvalue weighted by atomic mass is 16.5. The summed E-state index contributed by atoms with van der Waals surface area (Å²) >= 11 is 0. The SMILES string of the molecule is C[C@]12CCC(=O)C[C@@H]1CC[C@@H]1[C@@H]2CC[C@@]2(C)[C@H]1C[C@@H]1CCCO[C@@H]12. The van der Waals surface area contributed by atoms with Gasteiger partial charge in [-0.3, -0.25) is 4.79 Å². The van der Waals surface area contributed by atoms with Crippen molar-refractivity contribution in [3.05, 3.63) is 0 Å². The van der Waals surface area contributed by atoms with Crippen LogP contribution in [-0.2, 0) is 9.53 Å². The predicted octanol–water partition coefficient (Wildman–Crippen LogP) is 5.00. The molecule has 5 aliphatic rings. The Morgan fingerprint density at radius 1 is 1.00 bits per heavy atom. The molecule has 0 aromatic rings. The number of hydrogen-bond acceptors (Lipinski definition) is 2. The molecule has 0 spiro atoms. The number of carbonyl (C=O) groups excluding carboxylic acids is 1. The minimum atomic E-state index is 0.444. The molecule has 134 valence electrons. The predicted molar refractivity (Wildman–Crippen MR) is 94.6 cm³/mol. The average Bonchev–Trinajstić information content (AvgIpc) is 2.89. The summed E-state index contributed by atoms with van der Waals surface area (Å²) in [6.07, 6.45) is 13.0. The molecule has 1 saturated heterocycles. The minimum absolute atomic E-state index is 0.444. The number of ketones is 1. The second-order valence-corrected chi connectivity index (χ2v) is 10.4. The van der Waals surface area contributed by atoms with E-state index < -0.39 is 0 Å². The molecule has 1 aliphatic heterocycles. The normalized spacial score (nSPS) is 56.8. The molecule has 4 aliphatic carbocycles. The number of fused-ring (bicyclic) bond motifs is 7. The van der Waals surface area contributed by atoms with E-state index in [4.69, 9.17) is 4.74 Å². The van der Waals surface area contributed by atoms with Crippen LogP contribution in [0.1, 0.15) is 78.1 Å². The summed E-state index contributed by atoms with van der Waals surface area (Å²) in [5, 5.41) is 0. The van der Waals surface area contributed by atoms with Crippen LogP contribution in [0.4, 0.5) is 0 Å². The monoisotopic (exact) mass is 330 g/mol. The van der Waals surface area contributed by atoms with Gasteiger partial charge < -0.3 is 4.74 Å². The third-order valence-electron chi connectivity index (χ3n) is 9.57. The van der Waals surface area contributed by atoms with Gasteiger partial charge >= 0.3 is 0 Å². The largest absolute Gasteiger partial charge is 0.377 e. The Kier molecular flexibility index (Phi) is 3.51. The van der Waals surface area contributed by atoms with E-state index in [0.717, 1.165) is 43.1 Å². The maximum Gasteiger partial charge on any atom is 0.133 e. The van der Waals surface area contributed by atoms with Gasteiger partial charge in [0.15, 0.2) is 0 Å². The summed E-state index contributed by atoms with van der Waals surface area (Å²) in [6.45, 7) is 6.13. The van der Waals surface area contributed by atoms with Crippen molar-refractivity contribution in [3.63, 3.8) is 0 Å². The lowest BCUT2D eigenvalue weighted by Gasteiger charge is -2.60. The standard InChI is InChI=1S/C22H34O2/c1-21-9-7-16(23)13-15(21)5-6-17-18(21)8-10-22(2)19(17)12-14-4-3-11-24-20(14)22/h14-15,17-20H,3-13H2,1-2H3/t14-,15-,17+,18-,19-,20-,21-,22-/m0/s1. The van der Waals surface area contributed by atoms with Crippen LogP contribution in [0.15, 0.2) is 0 Å². The Hall–Kier alpha value is -0.370. The van der Waals surface area contributed by atoms with Gasteiger partial charge in [-0.2, -0.15) is 0 Å². The molecule has 24 heavy (non-hydrogen) atoms. The van der Waals surface area contributed by atoms with Crippen LogP contribution in [-0.4, -0.2) is 18.5 Å². The van der Waals surface area contributed by atoms with Gasteiger partial charge in [0.1, 0.15) is 5.78 Å². The summed E-state index contributed by atoms with van der Waals surface area (Å²) < 4.78 is 6.36. The fourth-order valence-corrected chi connectivity index (χ4v) is 8.33. The quantitative estimate of drug-likeness (QED) is 0.624. The number of ether oxygens (including phenoxy) is 1. The van der Waals surface area contributed by atoms with Gasteiger partial charge in [-0.25, -0.2) is 0 Å². The average molecular weight is 331 g/mol. The first-order valence-electron chi connectivity index (χ1n) is 10.7. The molecule has 8 atom stereocenters. The Labute approximate surface area is 147 Å². The lowest BCUT2D eigenvalue weighted by molar-refractivity contribution is -0.148. The molecular weight excluding hydrogens is 296 g/mol. The van der Waals surface area contributed by atoms with Crippen molar-refractivity contribution in [3.8, 4) is 0 Å². The van der Waals surface area contributed by atoms with Crippen molar-refractivity contribution < 1.29 is 9.53 Å². The second kappa shape index (κ2) is 5.32. The number of Topliss-reactive ketones (excluding diaryl/α,β-unsaturated/α-hetero) is 1. The zero-order valence-corrected chi connectivity index (χ0v) is 15.6. The van der Waals surface area contributed by atoms with Crippen LogP contribution in [0.5, 0.6) is 0 Å². The Morgan fingerprint density at radius 2 is 1.88 bits per heavy atom. The third kappa shape index (κ3) is 2.01. The number of rotatable bonds is 0. The topological polar surface area (TPSA) is 26.3 Å². The molecule has 5 rings (SSSR count). The highest BCUT2D eigenvalue weighted by Gasteiger charge is 2.62. The van der Waals surface area contributed by atoms with Crippen molar-refractivity contribution in [1.29, 1.82) is 0 Å². The molecule has 2 nitrogen and oxygen atoms in total. The Morgan fingerprint density at radius 3 is 2.75 bits per heavy atom. The van der Waals surface area contributed by atoms with E-state index in [1.54, 1.807) is 0 Å². The molecular formula is C22H34O2. The maximum absolute atomic E-state index is 12.0. The molecule has 4 saturated carbocycles. The third-order valence-corrected chi connectivity index (χ3v) is 9.57. The number of carbonyl (C=O) groups is 1. The maximum atomic E-state index is 12.0. The van der Waals surface area contributed by atoms with Crippen molar-refractivity contribution >= 4 is 5.78 Å². The minimum Gasteiger partial charge on any atom is -0.377 e. The highest BCUT2D eigenvalue weighted by molar-refractivity contribution is 5.79. The zero-order chi connectivity index (χ0) is 16.5. The molecule has 0 aromatic heterocycles. The fraction of sp³-hybridized carbons (Fsp3) is 0.955. The van der Waals surface area contributed by atoms with Gasteiger partial charge in [-0.05, 0) is 91.8 Å². The van der Waals surface area contributed by atoms with Gasteiger partial charge in [0.05, 0.1) is 6.10 Å². The summed E-state index contributed by atoms with van der Waals surface area (Å²) in [7, 11) is 0. The Bertz CT molecular complexity index is 542. The molecule has 0 radical (unpaired) electrons. The van der Waals surface area contributed by atoms with Crippen molar-refractivity contribution in [2.24, 2.45) is 40.4 Å². The van der Waals surface area contributed by atoms with Crippen LogP contribution in [0.2, 0.25) is 0 Å². The molecule has 0 aromatic carbocycles.